The van der Waals surface area contributed by atoms with Crippen molar-refractivity contribution in [3.8, 4) is 0 Å². The van der Waals surface area contributed by atoms with Crippen LogP contribution >= 0.6 is 7.82 Å². The smallest absolute Gasteiger partial charge is 0.469 e. The third kappa shape index (κ3) is 5.22. The first-order valence-corrected chi connectivity index (χ1v) is 4.50. The molecule has 1 atom stereocenters. The van der Waals surface area contributed by atoms with E-state index in [0.29, 0.717) is 0 Å². The number of rotatable bonds is 5. The van der Waals surface area contributed by atoms with Gasteiger partial charge in [-0.05, 0) is 7.05 Å². The van der Waals surface area contributed by atoms with Crippen LogP contribution in [0.15, 0.2) is 0 Å². The average Bonchev–Trinajstić information content (AvgIpc) is 1.85. The average molecular weight is 199 g/mol. The predicted octanol–water partition coefficient (Wildman–Crippen LogP) is -1.23. The fourth-order valence-electron chi connectivity index (χ4n) is 0.450. The number of likely N-dealkylation sites (N-methyl/N-ethyl adjacent to an activating group) is 1. The van der Waals surface area contributed by atoms with E-state index in [1.54, 1.807) is 0 Å². The van der Waals surface area contributed by atoms with Gasteiger partial charge in [0.25, 0.3) is 0 Å². The van der Waals surface area contributed by atoms with Gasteiger partial charge in [0.05, 0.1) is 6.61 Å². The molecule has 0 fully saturated rings. The van der Waals surface area contributed by atoms with Crippen LogP contribution in [0, 0.1) is 0 Å². The molecule has 72 valence electrons. The molecule has 0 saturated heterocycles. The van der Waals surface area contributed by atoms with Crippen molar-refractivity contribution >= 4 is 13.8 Å². The molecule has 0 bridgehead atoms. The molecule has 0 aromatic rings. The highest BCUT2D eigenvalue weighted by Gasteiger charge is 2.21. The topological polar surface area (TPSA) is 116 Å². The van der Waals surface area contributed by atoms with Crippen molar-refractivity contribution in [2.24, 2.45) is 0 Å². The van der Waals surface area contributed by atoms with Crippen LogP contribution in [0.4, 0.5) is 0 Å². The fourth-order valence-corrected chi connectivity index (χ4v) is 0.793. The number of carboxylic acid groups (broad SMARTS) is 1. The summed E-state index contributed by atoms with van der Waals surface area (Å²) >= 11 is 0. The Labute approximate surface area is 68.6 Å². The van der Waals surface area contributed by atoms with Crippen LogP contribution in [-0.2, 0) is 13.9 Å². The van der Waals surface area contributed by atoms with Gasteiger partial charge in [-0.3, -0.25) is 9.32 Å². The van der Waals surface area contributed by atoms with Crippen LogP contribution in [0.25, 0.3) is 0 Å². The zero-order chi connectivity index (χ0) is 9.78. The lowest BCUT2D eigenvalue weighted by Gasteiger charge is -2.11. The SMILES string of the molecule is CNC(COP(=O)(O)O)C(=O)O. The second-order valence-electron chi connectivity index (χ2n) is 1.97. The summed E-state index contributed by atoms with van der Waals surface area (Å²) < 4.78 is 14.1. The molecule has 7 nitrogen and oxygen atoms in total. The van der Waals surface area contributed by atoms with Crippen molar-refractivity contribution in [1.29, 1.82) is 0 Å². The van der Waals surface area contributed by atoms with Crippen molar-refractivity contribution in [1.82, 2.24) is 5.32 Å². The maximum atomic E-state index is 10.3. The standard InChI is InChI=1S/C4H10NO6P/c1-5-3(4(6)7)2-11-12(8,9)10/h3,5H,2H2,1H3,(H,6,7)(H2,8,9,10). The molecule has 8 heteroatoms. The van der Waals surface area contributed by atoms with Gasteiger partial charge in [0.1, 0.15) is 6.04 Å². The van der Waals surface area contributed by atoms with E-state index in [2.05, 4.69) is 9.84 Å². The predicted molar refractivity (Wildman–Crippen MR) is 38.5 cm³/mol. The number of carboxylic acids is 1. The maximum absolute atomic E-state index is 10.3. The Hall–Kier alpha value is -0.460. The summed E-state index contributed by atoms with van der Waals surface area (Å²) in [5.74, 6) is -1.23. The zero-order valence-corrected chi connectivity index (χ0v) is 7.19. The molecule has 1 unspecified atom stereocenters. The van der Waals surface area contributed by atoms with Gasteiger partial charge < -0.3 is 20.2 Å². The number of aliphatic carboxylic acids is 1. The van der Waals surface area contributed by atoms with Crippen LogP contribution in [0.1, 0.15) is 0 Å². The van der Waals surface area contributed by atoms with Crippen molar-refractivity contribution in [2.45, 2.75) is 6.04 Å². The summed E-state index contributed by atoms with van der Waals surface area (Å²) in [4.78, 5) is 26.7. The van der Waals surface area contributed by atoms with E-state index in [1.165, 1.54) is 7.05 Å². The maximum Gasteiger partial charge on any atom is 0.469 e. The lowest BCUT2D eigenvalue weighted by atomic mass is 10.3. The molecular formula is C4H10NO6P. The highest BCUT2D eigenvalue weighted by Crippen LogP contribution is 2.35. The number of phosphoric acid groups is 1. The van der Waals surface area contributed by atoms with E-state index in [1.807, 2.05) is 0 Å². The Morgan fingerprint density at radius 2 is 2.17 bits per heavy atom. The minimum Gasteiger partial charge on any atom is -0.480 e. The number of carbonyl (C=O) groups is 1. The third-order valence-electron chi connectivity index (χ3n) is 1.06. The minimum absolute atomic E-state index is 0.573. The molecule has 0 amide bonds. The first kappa shape index (κ1) is 11.5. The lowest BCUT2D eigenvalue weighted by Crippen LogP contribution is -2.37. The summed E-state index contributed by atoms with van der Waals surface area (Å²) in [7, 11) is -3.23. The van der Waals surface area contributed by atoms with Crippen LogP contribution in [0.5, 0.6) is 0 Å². The summed E-state index contributed by atoms with van der Waals surface area (Å²) in [6, 6.07) is -1.11. The van der Waals surface area contributed by atoms with Crippen LogP contribution in [0.2, 0.25) is 0 Å². The van der Waals surface area contributed by atoms with Gasteiger partial charge in [-0.25, -0.2) is 4.57 Å². The molecule has 0 heterocycles. The zero-order valence-electron chi connectivity index (χ0n) is 6.30. The highest BCUT2D eigenvalue weighted by molar-refractivity contribution is 7.46. The molecule has 0 rings (SSSR count). The number of phosphoric ester groups is 1. The summed E-state index contributed by atoms with van der Waals surface area (Å²) in [6.07, 6.45) is 0. The molecule has 0 radical (unpaired) electrons. The second-order valence-corrected chi connectivity index (χ2v) is 3.21. The molecule has 4 N–H and O–H groups in total. The molecule has 0 aliphatic carbocycles. The van der Waals surface area contributed by atoms with Gasteiger partial charge >= 0.3 is 13.8 Å². The quantitative estimate of drug-likeness (QED) is 0.409. The highest BCUT2D eigenvalue weighted by atomic mass is 31.2. The van der Waals surface area contributed by atoms with E-state index in [9.17, 15) is 9.36 Å². The van der Waals surface area contributed by atoms with Crippen molar-refractivity contribution < 1.29 is 28.8 Å². The van der Waals surface area contributed by atoms with E-state index in [4.69, 9.17) is 14.9 Å². The van der Waals surface area contributed by atoms with Gasteiger partial charge in [0.2, 0.25) is 0 Å². The first-order valence-electron chi connectivity index (χ1n) is 2.97. The van der Waals surface area contributed by atoms with E-state index in [-0.39, 0.29) is 0 Å². The molecule has 0 aliphatic rings. The molecular weight excluding hydrogens is 189 g/mol. The van der Waals surface area contributed by atoms with E-state index >= 15 is 0 Å². The molecule has 0 spiro atoms. The summed E-state index contributed by atoms with van der Waals surface area (Å²) in [6.45, 7) is -0.573. The molecule has 0 aliphatic heterocycles. The van der Waals surface area contributed by atoms with Crippen molar-refractivity contribution in [3.63, 3.8) is 0 Å². The Morgan fingerprint density at radius 3 is 2.42 bits per heavy atom. The Morgan fingerprint density at radius 1 is 1.67 bits per heavy atom. The van der Waals surface area contributed by atoms with Crippen molar-refractivity contribution in [2.75, 3.05) is 13.7 Å². The van der Waals surface area contributed by atoms with E-state index < -0.39 is 26.4 Å². The Kier molecular flexibility index (Phi) is 4.36. The molecule has 0 aromatic carbocycles. The normalized spacial score (nSPS) is 14.2. The van der Waals surface area contributed by atoms with Gasteiger partial charge in [-0.1, -0.05) is 0 Å². The van der Waals surface area contributed by atoms with Gasteiger partial charge in [0.15, 0.2) is 0 Å². The lowest BCUT2D eigenvalue weighted by molar-refractivity contribution is -0.140. The van der Waals surface area contributed by atoms with E-state index in [0.717, 1.165) is 0 Å². The van der Waals surface area contributed by atoms with Gasteiger partial charge in [-0.2, -0.15) is 0 Å². The van der Waals surface area contributed by atoms with Crippen LogP contribution in [0.3, 0.4) is 0 Å². The summed E-state index contributed by atoms with van der Waals surface area (Å²) in [5, 5.41) is 10.7. The third-order valence-corrected chi connectivity index (χ3v) is 1.54. The molecule has 0 aromatic heterocycles. The Bertz CT molecular complexity index is 200. The van der Waals surface area contributed by atoms with Gasteiger partial charge in [-0.15, -0.1) is 0 Å². The minimum atomic E-state index is -4.58. The fraction of sp³-hybridized carbons (Fsp3) is 0.750. The molecule has 12 heavy (non-hydrogen) atoms. The van der Waals surface area contributed by atoms with Crippen LogP contribution in [-0.4, -0.2) is 40.6 Å². The largest absolute Gasteiger partial charge is 0.480 e. The second kappa shape index (κ2) is 4.54. The molecule has 0 saturated carbocycles. The monoisotopic (exact) mass is 199 g/mol. The van der Waals surface area contributed by atoms with Gasteiger partial charge in [0, 0.05) is 0 Å². The number of nitrogens with one attached hydrogen (secondary N) is 1. The Balaban J connectivity index is 3.90. The summed E-state index contributed by atoms with van der Waals surface area (Å²) in [5.41, 5.74) is 0. The first-order chi connectivity index (χ1) is 5.37. The van der Waals surface area contributed by atoms with Crippen molar-refractivity contribution in [3.05, 3.63) is 0 Å². The van der Waals surface area contributed by atoms with Crippen LogP contribution < -0.4 is 5.32 Å². The number of hydrogen-bond acceptors (Lipinski definition) is 4. The number of hydrogen-bond donors (Lipinski definition) is 4.